The van der Waals surface area contributed by atoms with Gasteiger partial charge in [0.15, 0.2) is 10.8 Å². The minimum atomic E-state index is -4.51. The molecule has 0 fully saturated rings. The molecule has 0 amide bonds. The molecule has 0 radical (unpaired) electrons. The van der Waals surface area contributed by atoms with Gasteiger partial charge in [-0.15, -0.1) is 10.2 Å². The Balaban J connectivity index is 1.79. The van der Waals surface area contributed by atoms with E-state index in [1.54, 1.807) is 7.05 Å². The maximum absolute atomic E-state index is 12.8. The van der Waals surface area contributed by atoms with Gasteiger partial charge < -0.3 is 14.5 Å². The van der Waals surface area contributed by atoms with Gasteiger partial charge in [0, 0.05) is 26.1 Å². The Morgan fingerprint density at radius 2 is 2.13 bits per heavy atom. The Kier molecular flexibility index (Phi) is 3.68. The number of anilines is 1. The zero-order valence-electron chi connectivity index (χ0n) is 11.9. The third-order valence-corrected chi connectivity index (χ3v) is 3.97. The molecule has 1 aliphatic rings. The van der Waals surface area contributed by atoms with Crippen molar-refractivity contribution < 1.29 is 13.2 Å². The number of hydrogen-bond acceptors (Lipinski definition) is 5. The molecule has 11 heteroatoms. The topological polar surface area (TPSA) is 84.3 Å². The van der Waals surface area contributed by atoms with Crippen molar-refractivity contribution in [2.75, 3.05) is 5.32 Å². The van der Waals surface area contributed by atoms with Gasteiger partial charge in [0.2, 0.25) is 11.8 Å². The van der Waals surface area contributed by atoms with Crippen LogP contribution in [0, 0.1) is 11.3 Å². The lowest BCUT2D eigenvalue weighted by Gasteiger charge is -2.25. The summed E-state index contributed by atoms with van der Waals surface area (Å²) in [5.74, 6) is -0.319. The van der Waals surface area contributed by atoms with Crippen LogP contribution < -0.4 is 5.32 Å². The summed E-state index contributed by atoms with van der Waals surface area (Å²) in [4.78, 5) is 4.05. The number of nitrogens with zero attached hydrogens (tertiary/aromatic N) is 6. The normalized spacial score (nSPS) is 17.7. The van der Waals surface area contributed by atoms with E-state index in [9.17, 15) is 13.2 Å². The maximum Gasteiger partial charge on any atom is 0.451 e. The fourth-order valence-corrected chi connectivity index (χ4v) is 2.81. The summed E-state index contributed by atoms with van der Waals surface area (Å²) in [5, 5.41) is 19.0. The van der Waals surface area contributed by atoms with Crippen LogP contribution in [-0.4, -0.2) is 30.4 Å². The number of rotatable bonds is 2. The highest BCUT2D eigenvalue weighted by atomic mass is 35.5. The van der Waals surface area contributed by atoms with Crippen LogP contribution in [0.3, 0.4) is 0 Å². The SMILES string of the molecule is Cn1c(NC2CCn3c(nnc3C(F)(F)F)C2)nc(Cl)c1C#N. The van der Waals surface area contributed by atoms with Gasteiger partial charge in [-0.25, -0.2) is 0 Å². The lowest BCUT2D eigenvalue weighted by molar-refractivity contribution is -0.147. The number of aromatic nitrogens is 5. The van der Waals surface area contributed by atoms with Crippen molar-refractivity contribution in [3.8, 4) is 6.07 Å². The van der Waals surface area contributed by atoms with Crippen molar-refractivity contribution in [1.29, 1.82) is 5.26 Å². The molecule has 0 bridgehead atoms. The van der Waals surface area contributed by atoms with E-state index < -0.39 is 12.0 Å². The molecule has 2 aromatic heterocycles. The fraction of sp³-hybridized carbons (Fsp3) is 0.500. The Bertz CT molecular complexity index is 786. The molecule has 0 spiro atoms. The monoisotopic (exact) mass is 345 g/mol. The number of fused-ring (bicyclic) bond motifs is 1. The second kappa shape index (κ2) is 5.42. The van der Waals surface area contributed by atoms with E-state index >= 15 is 0 Å². The highest BCUT2D eigenvalue weighted by Gasteiger charge is 2.39. The van der Waals surface area contributed by atoms with Gasteiger partial charge in [0.1, 0.15) is 11.9 Å². The molecule has 0 saturated heterocycles. The molecule has 23 heavy (non-hydrogen) atoms. The van der Waals surface area contributed by atoms with E-state index in [1.165, 1.54) is 4.57 Å². The minimum Gasteiger partial charge on any atom is -0.352 e. The van der Waals surface area contributed by atoms with Gasteiger partial charge in [-0.2, -0.15) is 23.4 Å². The summed E-state index contributed by atoms with van der Waals surface area (Å²) < 4.78 is 41.0. The van der Waals surface area contributed by atoms with Gasteiger partial charge in [-0.05, 0) is 6.42 Å². The average Bonchev–Trinajstić information content (AvgIpc) is 3.00. The van der Waals surface area contributed by atoms with Gasteiger partial charge >= 0.3 is 6.18 Å². The molecule has 1 N–H and O–H groups in total. The summed E-state index contributed by atoms with van der Waals surface area (Å²) in [5.41, 5.74) is 0.215. The number of imidazole rings is 1. The largest absolute Gasteiger partial charge is 0.451 e. The molecule has 0 saturated carbocycles. The van der Waals surface area contributed by atoms with E-state index in [0.717, 1.165) is 4.57 Å². The van der Waals surface area contributed by atoms with Gasteiger partial charge in [0.05, 0.1) is 0 Å². The van der Waals surface area contributed by atoms with E-state index in [1.807, 2.05) is 6.07 Å². The van der Waals surface area contributed by atoms with Crippen LogP contribution in [0.2, 0.25) is 5.15 Å². The van der Waals surface area contributed by atoms with Crippen molar-refractivity contribution in [3.63, 3.8) is 0 Å². The van der Waals surface area contributed by atoms with Crippen LogP contribution in [0.4, 0.5) is 19.1 Å². The first-order chi connectivity index (χ1) is 10.8. The quantitative estimate of drug-likeness (QED) is 0.899. The Labute approximate surface area is 133 Å². The van der Waals surface area contributed by atoms with E-state index in [-0.39, 0.29) is 35.7 Å². The summed E-state index contributed by atoms with van der Waals surface area (Å²) >= 11 is 5.86. The molecule has 122 valence electrons. The number of alkyl halides is 3. The third-order valence-electron chi connectivity index (χ3n) is 3.70. The Hall–Kier alpha value is -2.28. The van der Waals surface area contributed by atoms with Crippen molar-refractivity contribution in [1.82, 2.24) is 24.3 Å². The zero-order chi connectivity index (χ0) is 16.8. The predicted molar refractivity (Wildman–Crippen MR) is 73.7 cm³/mol. The Morgan fingerprint density at radius 1 is 1.39 bits per heavy atom. The van der Waals surface area contributed by atoms with E-state index in [0.29, 0.717) is 12.4 Å². The van der Waals surface area contributed by atoms with Crippen LogP contribution >= 0.6 is 11.6 Å². The molecule has 7 nitrogen and oxygen atoms in total. The molecule has 3 rings (SSSR count). The smallest absolute Gasteiger partial charge is 0.352 e. The average molecular weight is 346 g/mol. The van der Waals surface area contributed by atoms with Crippen LogP contribution in [0.25, 0.3) is 0 Å². The number of halogens is 4. The lowest BCUT2D eigenvalue weighted by Crippen LogP contribution is -2.32. The predicted octanol–water partition coefficient (Wildman–Crippen LogP) is 1.98. The van der Waals surface area contributed by atoms with Crippen LogP contribution in [0.5, 0.6) is 0 Å². The van der Waals surface area contributed by atoms with Crippen molar-refractivity contribution in [2.45, 2.75) is 31.6 Å². The van der Waals surface area contributed by atoms with Crippen LogP contribution in [0.1, 0.15) is 23.8 Å². The summed E-state index contributed by atoms with van der Waals surface area (Å²) in [6, 6.07) is 1.76. The number of nitriles is 1. The maximum atomic E-state index is 12.8. The van der Waals surface area contributed by atoms with Gasteiger partial charge in [-0.3, -0.25) is 0 Å². The first-order valence-electron chi connectivity index (χ1n) is 6.69. The molecule has 1 unspecified atom stereocenters. The van der Waals surface area contributed by atoms with Crippen molar-refractivity contribution in [3.05, 3.63) is 22.5 Å². The first kappa shape index (κ1) is 15.6. The first-order valence-corrected chi connectivity index (χ1v) is 7.07. The minimum absolute atomic E-state index is 0.0795. The Morgan fingerprint density at radius 3 is 2.74 bits per heavy atom. The molecule has 1 atom stereocenters. The summed E-state index contributed by atoms with van der Waals surface area (Å²) in [6.07, 6.45) is -3.80. The van der Waals surface area contributed by atoms with Crippen molar-refractivity contribution in [2.24, 2.45) is 7.05 Å². The second-order valence-electron chi connectivity index (χ2n) is 5.17. The highest BCUT2D eigenvalue weighted by molar-refractivity contribution is 6.30. The lowest BCUT2D eigenvalue weighted by atomic mass is 10.1. The van der Waals surface area contributed by atoms with E-state index in [2.05, 4.69) is 20.5 Å². The van der Waals surface area contributed by atoms with Gasteiger partial charge in [-0.1, -0.05) is 11.6 Å². The summed E-state index contributed by atoms with van der Waals surface area (Å²) in [6.45, 7) is 0.151. The van der Waals surface area contributed by atoms with Crippen LogP contribution in [0.15, 0.2) is 0 Å². The summed E-state index contributed by atoms with van der Waals surface area (Å²) in [7, 11) is 1.63. The molecule has 0 aromatic carbocycles. The zero-order valence-corrected chi connectivity index (χ0v) is 12.6. The number of hydrogen-bond donors (Lipinski definition) is 1. The van der Waals surface area contributed by atoms with Crippen LogP contribution in [-0.2, 0) is 26.2 Å². The molecule has 2 aromatic rings. The molecular weight excluding hydrogens is 335 g/mol. The van der Waals surface area contributed by atoms with E-state index in [4.69, 9.17) is 16.9 Å². The number of nitrogens with one attached hydrogen (secondary N) is 1. The molecule has 0 aliphatic carbocycles. The molecular formula is C12H11ClF3N7. The van der Waals surface area contributed by atoms with Gasteiger partial charge in [0.25, 0.3) is 0 Å². The molecule has 1 aliphatic heterocycles. The standard InChI is InChI=1S/C12H11ClF3N7/c1-22-7(5-17)9(13)19-11(22)18-6-2-3-23-8(4-6)20-21-10(23)12(14,15)16/h6H,2-4H2,1H3,(H,18,19). The fourth-order valence-electron chi connectivity index (χ4n) is 2.56. The highest BCUT2D eigenvalue weighted by Crippen LogP contribution is 2.30. The second-order valence-corrected chi connectivity index (χ2v) is 5.53. The van der Waals surface area contributed by atoms with Crippen molar-refractivity contribution >= 4 is 17.5 Å². The molecule has 3 heterocycles. The third kappa shape index (κ3) is 2.72.